The zero-order valence-corrected chi connectivity index (χ0v) is 23.7. The lowest BCUT2D eigenvalue weighted by Gasteiger charge is -2.12. The Hall–Kier alpha value is -6.00. The van der Waals surface area contributed by atoms with Gasteiger partial charge < -0.3 is 10.6 Å². The second-order valence-electron chi connectivity index (χ2n) is 11.1. The SMILES string of the molecule is O=C(Nc1cccc2cc3ccccc3cc12)c1ccc2cc(C(=O)Nc3cccc4cc5ccccc5cc34)ccc2c1. The number of hydrogen-bond acceptors (Lipinski definition) is 2. The summed E-state index contributed by atoms with van der Waals surface area (Å²) >= 11 is 0. The van der Waals surface area contributed by atoms with Crippen LogP contribution in [0.5, 0.6) is 0 Å². The monoisotopic (exact) mass is 566 g/mol. The first kappa shape index (κ1) is 25.7. The normalized spacial score (nSPS) is 11.4. The molecule has 0 atom stereocenters. The number of carbonyl (C=O) groups is 2. The first-order valence-electron chi connectivity index (χ1n) is 14.6. The summed E-state index contributed by atoms with van der Waals surface area (Å²) in [6.07, 6.45) is 0. The zero-order valence-electron chi connectivity index (χ0n) is 23.7. The summed E-state index contributed by atoms with van der Waals surface area (Å²) in [6, 6.07) is 48.0. The molecule has 0 fully saturated rings. The smallest absolute Gasteiger partial charge is 0.255 e. The van der Waals surface area contributed by atoms with Gasteiger partial charge in [-0.3, -0.25) is 9.59 Å². The molecule has 4 nitrogen and oxygen atoms in total. The molecule has 2 amide bonds. The largest absolute Gasteiger partial charge is 0.321 e. The van der Waals surface area contributed by atoms with Crippen LogP contribution < -0.4 is 10.6 Å². The molecule has 8 aromatic carbocycles. The molecule has 44 heavy (non-hydrogen) atoms. The van der Waals surface area contributed by atoms with E-state index in [0.717, 1.165) is 65.2 Å². The van der Waals surface area contributed by atoms with E-state index in [1.807, 2.05) is 72.8 Å². The molecule has 208 valence electrons. The van der Waals surface area contributed by atoms with E-state index in [2.05, 4.69) is 71.3 Å². The Morgan fingerprint density at radius 3 is 1.14 bits per heavy atom. The lowest BCUT2D eigenvalue weighted by atomic mass is 10.0. The van der Waals surface area contributed by atoms with Gasteiger partial charge in [0.15, 0.2) is 0 Å². The minimum atomic E-state index is -0.183. The lowest BCUT2D eigenvalue weighted by molar-refractivity contribution is 0.101. The number of nitrogens with one attached hydrogen (secondary N) is 2. The molecule has 0 spiro atoms. The van der Waals surface area contributed by atoms with Crippen molar-refractivity contribution in [2.24, 2.45) is 0 Å². The fraction of sp³-hybridized carbons (Fsp3) is 0. The molecule has 0 saturated carbocycles. The molecule has 0 unspecified atom stereocenters. The summed E-state index contributed by atoms with van der Waals surface area (Å²) < 4.78 is 0. The van der Waals surface area contributed by atoms with Gasteiger partial charge in [0, 0.05) is 33.3 Å². The quantitative estimate of drug-likeness (QED) is 0.208. The number of carbonyl (C=O) groups excluding carboxylic acids is 2. The standard InChI is InChI=1S/C40H26N2O2/c43-39(41-37-13-5-11-31-19-25-7-1-3-9-27(25)23-35(31)37)33-17-15-30-22-34(18-16-29(30)21-33)40(44)42-38-14-6-12-32-20-26-8-2-4-10-28(26)24-36(32)38/h1-24H,(H,41,43)(H,42,44). The van der Waals surface area contributed by atoms with Gasteiger partial charge in [0.1, 0.15) is 0 Å². The van der Waals surface area contributed by atoms with Crippen LogP contribution in [0.15, 0.2) is 146 Å². The van der Waals surface area contributed by atoms with E-state index in [-0.39, 0.29) is 11.8 Å². The van der Waals surface area contributed by atoms with E-state index in [9.17, 15) is 9.59 Å². The average Bonchev–Trinajstić information content (AvgIpc) is 3.06. The molecule has 0 aliphatic heterocycles. The number of benzene rings is 8. The van der Waals surface area contributed by atoms with E-state index in [1.165, 1.54) is 0 Å². The van der Waals surface area contributed by atoms with Gasteiger partial charge in [-0.05, 0) is 104 Å². The second-order valence-corrected chi connectivity index (χ2v) is 11.1. The Morgan fingerprint density at radius 1 is 0.341 bits per heavy atom. The minimum absolute atomic E-state index is 0.183. The molecular formula is C40H26N2O2. The highest BCUT2D eigenvalue weighted by atomic mass is 16.2. The summed E-state index contributed by atoms with van der Waals surface area (Å²) in [5.74, 6) is -0.365. The molecule has 8 aromatic rings. The summed E-state index contributed by atoms with van der Waals surface area (Å²) in [6.45, 7) is 0. The van der Waals surface area contributed by atoms with E-state index in [4.69, 9.17) is 0 Å². The molecule has 0 aliphatic carbocycles. The van der Waals surface area contributed by atoms with Gasteiger partial charge in [0.2, 0.25) is 0 Å². The van der Waals surface area contributed by atoms with Gasteiger partial charge in [0.05, 0.1) is 0 Å². The molecule has 0 saturated heterocycles. The summed E-state index contributed by atoms with van der Waals surface area (Å²) in [4.78, 5) is 26.7. The van der Waals surface area contributed by atoms with Gasteiger partial charge in [-0.2, -0.15) is 0 Å². The van der Waals surface area contributed by atoms with Crippen LogP contribution in [0.4, 0.5) is 11.4 Å². The van der Waals surface area contributed by atoms with Crippen LogP contribution in [-0.4, -0.2) is 11.8 Å². The van der Waals surface area contributed by atoms with Crippen LogP contribution in [0.2, 0.25) is 0 Å². The highest BCUT2D eigenvalue weighted by Crippen LogP contribution is 2.31. The Bertz CT molecular complexity index is 2270. The van der Waals surface area contributed by atoms with Crippen molar-refractivity contribution in [1.82, 2.24) is 0 Å². The van der Waals surface area contributed by atoms with Crippen molar-refractivity contribution in [3.63, 3.8) is 0 Å². The minimum Gasteiger partial charge on any atom is -0.321 e. The zero-order chi connectivity index (χ0) is 29.6. The van der Waals surface area contributed by atoms with Crippen molar-refractivity contribution >= 4 is 77.1 Å². The summed E-state index contributed by atoms with van der Waals surface area (Å²) in [7, 11) is 0. The van der Waals surface area contributed by atoms with Crippen LogP contribution in [0.25, 0.3) is 53.9 Å². The highest BCUT2D eigenvalue weighted by molar-refractivity contribution is 6.14. The number of rotatable bonds is 4. The third-order valence-electron chi connectivity index (χ3n) is 8.35. The fourth-order valence-electron chi connectivity index (χ4n) is 6.07. The Kier molecular flexibility index (Phi) is 6.05. The molecule has 0 heterocycles. The summed E-state index contributed by atoms with van der Waals surface area (Å²) in [5.41, 5.74) is 2.64. The first-order chi connectivity index (χ1) is 21.6. The summed E-state index contributed by atoms with van der Waals surface area (Å²) in [5, 5.41) is 16.7. The van der Waals surface area contributed by atoms with Gasteiger partial charge >= 0.3 is 0 Å². The third-order valence-corrected chi connectivity index (χ3v) is 8.35. The fourth-order valence-corrected chi connectivity index (χ4v) is 6.07. The second kappa shape index (κ2) is 10.4. The van der Waals surface area contributed by atoms with Crippen molar-refractivity contribution in [3.8, 4) is 0 Å². The van der Waals surface area contributed by atoms with Crippen LogP contribution in [-0.2, 0) is 0 Å². The Balaban J connectivity index is 1.05. The highest BCUT2D eigenvalue weighted by Gasteiger charge is 2.13. The third kappa shape index (κ3) is 4.59. The van der Waals surface area contributed by atoms with Crippen molar-refractivity contribution in [2.75, 3.05) is 10.6 Å². The van der Waals surface area contributed by atoms with Crippen LogP contribution in [0.3, 0.4) is 0 Å². The molecule has 0 aromatic heterocycles. The van der Waals surface area contributed by atoms with Crippen LogP contribution in [0, 0.1) is 0 Å². The van der Waals surface area contributed by atoms with Gasteiger partial charge in [-0.15, -0.1) is 0 Å². The number of fused-ring (bicyclic) bond motifs is 5. The van der Waals surface area contributed by atoms with E-state index in [0.29, 0.717) is 11.1 Å². The van der Waals surface area contributed by atoms with Gasteiger partial charge in [0.25, 0.3) is 11.8 Å². The van der Waals surface area contributed by atoms with Crippen LogP contribution in [0.1, 0.15) is 20.7 Å². The van der Waals surface area contributed by atoms with Crippen LogP contribution >= 0.6 is 0 Å². The Labute approximate surface area is 253 Å². The molecule has 0 bridgehead atoms. The molecule has 4 heteroatoms. The lowest BCUT2D eigenvalue weighted by Crippen LogP contribution is -2.13. The predicted molar refractivity (Wildman–Crippen MR) is 183 cm³/mol. The van der Waals surface area contributed by atoms with Gasteiger partial charge in [-0.25, -0.2) is 0 Å². The number of hydrogen-bond donors (Lipinski definition) is 2. The van der Waals surface area contributed by atoms with Crippen molar-refractivity contribution in [2.45, 2.75) is 0 Å². The molecule has 8 rings (SSSR count). The molecule has 2 N–H and O–H groups in total. The Morgan fingerprint density at radius 2 is 0.705 bits per heavy atom. The van der Waals surface area contributed by atoms with Gasteiger partial charge in [-0.1, -0.05) is 84.9 Å². The number of anilines is 2. The maximum absolute atomic E-state index is 13.4. The van der Waals surface area contributed by atoms with E-state index >= 15 is 0 Å². The molecule has 0 radical (unpaired) electrons. The topological polar surface area (TPSA) is 58.2 Å². The average molecular weight is 567 g/mol. The van der Waals surface area contributed by atoms with Crippen molar-refractivity contribution in [1.29, 1.82) is 0 Å². The van der Waals surface area contributed by atoms with E-state index in [1.54, 1.807) is 12.1 Å². The predicted octanol–water partition coefficient (Wildman–Crippen LogP) is 9.96. The first-order valence-corrected chi connectivity index (χ1v) is 14.6. The molecule has 0 aliphatic rings. The van der Waals surface area contributed by atoms with E-state index < -0.39 is 0 Å². The van der Waals surface area contributed by atoms with Crippen molar-refractivity contribution < 1.29 is 9.59 Å². The maximum Gasteiger partial charge on any atom is 0.255 e. The van der Waals surface area contributed by atoms with Crippen molar-refractivity contribution in [3.05, 3.63) is 157 Å². The number of amides is 2. The maximum atomic E-state index is 13.4. The molecular weight excluding hydrogens is 540 g/mol.